The third kappa shape index (κ3) is 1.01. The highest BCUT2D eigenvalue weighted by molar-refractivity contribution is 9.10. The minimum atomic E-state index is 0.344. The summed E-state index contributed by atoms with van der Waals surface area (Å²) in [5, 5.41) is 9.51. The normalized spacial score (nSPS) is 10.0. The molecular formula is C9H4BrNO. The van der Waals surface area contributed by atoms with Gasteiger partial charge in [0, 0.05) is 15.9 Å². The van der Waals surface area contributed by atoms with E-state index in [1.54, 1.807) is 6.07 Å². The topological polar surface area (TPSA) is 36.9 Å². The molecule has 12 heavy (non-hydrogen) atoms. The second kappa shape index (κ2) is 2.65. The van der Waals surface area contributed by atoms with E-state index in [0.717, 1.165) is 15.4 Å². The third-order valence-corrected chi connectivity index (χ3v) is 2.31. The maximum Gasteiger partial charge on any atom is 0.204 e. The summed E-state index contributed by atoms with van der Waals surface area (Å²) in [5.41, 5.74) is 0.737. The van der Waals surface area contributed by atoms with Crippen molar-refractivity contribution in [3.05, 3.63) is 34.5 Å². The van der Waals surface area contributed by atoms with Gasteiger partial charge in [-0.3, -0.25) is 0 Å². The van der Waals surface area contributed by atoms with Crippen LogP contribution in [0.15, 0.2) is 33.2 Å². The van der Waals surface area contributed by atoms with Gasteiger partial charge in [0.25, 0.3) is 0 Å². The van der Waals surface area contributed by atoms with Crippen LogP contribution in [-0.4, -0.2) is 0 Å². The number of halogens is 1. The highest BCUT2D eigenvalue weighted by atomic mass is 79.9. The fourth-order valence-electron chi connectivity index (χ4n) is 1.08. The Morgan fingerprint density at radius 2 is 2.25 bits per heavy atom. The average Bonchev–Trinajstić information content (AvgIpc) is 2.49. The number of rotatable bonds is 0. The van der Waals surface area contributed by atoms with Gasteiger partial charge >= 0.3 is 0 Å². The zero-order chi connectivity index (χ0) is 8.55. The first-order chi connectivity index (χ1) is 5.81. The number of furan rings is 1. The summed E-state index contributed by atoms with van der Waals surface area (Å²) < 4.78 is 6.16. The molecule has 3 heteroatoms. The van der Waals surface area contributed by atoms with Crippen molar-refractivity contribution < 1.29 is 4.42 Å². The van der Waals surface area contributed by atoms with Crippen molar-refractivity contribution >= 4 is 26.9 Å². The van der Waals surface area contributed by atoms with E-state index in [0.29, 0.717) is 5.76 Å². The molecule has 0 aliphatic carbocycles. The molecule has 0 unspecified atom stereocenters. The van der Waals surface area contributed by atoms with Crippen LogP contribution in [0.5, 0.6) is 0 Å². The van der Waals surface area contributed by atoms with Crippen molar-refractivity contribution in [2.24, 2.45) is 0 Å². The average molecular weight is 222 g/mol. The monoisotopic (exact) mass is 221 g/mol. The summed E-state index contributed by atoms with van der Waals surface area (Å²) in [6.07, 6.45) is 0. The van der Waals surface area contributed by atoms with Gasteiger partial charge in [-0.2, -0.15) is 5.26 Å². The lowest BCUT2D eigenvalue weighted by atomic mass is 10.2. The Morgan fingerprint density at radius 1 is 1.42 bits per heavy atom. The maximum atomic E-state index is 8.57. The number of nitriles is 1. The molecule has 1 aromatic carbocycles. The van der Waals surface area contributed by atoms with Gasteiger partial charge in [0.1, 0.15) is 11.7 Å². The predicted octanol–water partition coefficient (Wildman–Crippen LogP) is 3.07. The van der Waals surface area contributed by atoms with Gasteiger partial charge in [-0.15, -0.1) is 0 Å². The summed E-state index contributed by atoms with van der Waals surface area (Å²) in [7, 11) is 0. The summed E-state index contributed by atoms with van der Waals surface area (Å²) in [6.45, 7) is 0. The van der Waals surface area contributed by atoms with E-state index < -0.39 is 0 Å². The summed E-state index contributed by atoms with van der Waals surface area (Å²) >= 11 is 3.37. The van der Waals surface area contributed by atoms with Gasteiger partial charge in [-0.05, 0) is 12.1 Å². The first kappa shape index (κ1) is 7.38. The zero-order valence-electron chi connectivity index (χ0n) is 6.04. The molecule has 1 aromatic heterocycles. The second-order valence-corrected chi connectivity index (χ2v) is 3.23. The Balaban J connectivity index is 2.85. The summed E-state index contributed by atoms with van der Waals surface area (Å²) in [5.74, 6) is 0.344. The predicted molar refractivity (Wildman–Crippen MR) is 48.6 cm³/mol. The van der Waals surface area contributed by atoms with E-state index in [9.17, 15) is 0 Å². The smallest absolute Gasteiger partial charge is 0.204 e. The van der Waals surface area contributed by atoms with E-state index in [1.165, 1.54) is 0 Å². The SMILES string of the molecule is N#Cc1cc2c(Br)cccc2o1. The fourth-order valence-corrected chi connectivity index (χ4v) is 1.54. The lowest BCUT2D eigenvalue weighted by Gasteiger charge is -1.88. The van der Waals surface area contributed by atoms with Crippen LogP contribution in [0, 0.1) is 11.3 Å². The van der Waals surface area contributed by atoms with E-state index in [2.05, 4.69) is 15.9 Å². The molecule has 58 valence electrons. The van der Waals surface area contributed by atoms with Crippen molar-refractivity contribution in [3.63, 3.8) is 0 Å². The van der Waals surface area contributed by atoms with Crippen LogP contribution < -0.4 is 0 Å². The Labute approximate surface area is 77.5 Å². The number of fused-ring (bicyclic) bond motifs is 1. The lowest BCUT2D eigenvalue weighted by molar-refractivity contribution is 0.599. The van der Waals surface area contributed by atoms with Gasteiger partial charge in [0.15, 0.2) is 0 Å². The molecule has 0 fully saturated rings. The molecule has 0 amide bonds. The lowest BCUT2D eigenvalue weighted by Crippen LogP contribution is -1.64. The number of hydrogen-bond donors (Lipinski definition) is 0. The molecule has 0 saturated carbocycles. The van der Waals surface area contributed by atoms with Crippen LogP contribution in [-0.2, 0) is 0 Å². The van der Waals surface area contributed by atoms with Gasteiger partial charge in [-0.1, -0.05) is 22.0 Å². The van der Waals surface area contributed by atoms with E-state index in [1.807, 2.05) is 24.3 Å². The quantitative estimate of drug-likeness (QED) is 0.686. The Hall–Kier alpha value is -1.27. The Morgan fingerprint density at radius 3 is 2.92 bits per heavy atom. The standard InChI is InChI=1S/C9H4BrNO/c10-8-2-1-3-9-7(8)4-6(5-11)12-9/h1-4H. The van der Waals surface area contributed by atoms with Gasteiger partial charge in [-0.25, -0.2) is 0 Å². The molecule has 0 bridgehead atoms. The van der Waals surface area contributed by atoms with Crippen LogP contribution in [0.2, 0.25) is 0 Å². The number of benzene rings is 1. The molecule has 0 N–H and O–H groups in total. The highest BCUT2D eigenvalue weighted by Crippen LogP contribution is 2.26. The molecule has 0 atom stereocenters. The highest BCUT2D eigenvalue weighted by Gasteiger charge is 2.04. The molecule has 2 aromatic rings. The Bertz CT molecular complexity index is 467. The fraction of sp³-hybridized carbons (Fsp3) is 0. The minimum Gasteiger partial charge on any atom is -0.446 e. The van der Waals surface area contributed by atoms with Crippen LogP contribution >= 0.6 is 15.9 Å². The van der Waals surface area contributed by atoms with Crippen molar-refractivity contribution in [2.45, 2.75) is 0 Å². The van der Waals surface area contributed by atoms with Crippen molar-refractivity contribution in [1.82, 2.24) is 0 Å². The molecular weight excluding hydrogens is 218 g/mol. The van der Waals surface area contributed by atoms with E-state index >= 15 is 0 Å². The summed E-state index contributed by atoms with van der Waals surface area (Å²) in [4.78, 5) is 0. The first-order valence-corrected chi connectivity index (χ1v) is 4.19. The van der Waals surface area contributed by atoms with Crippen molar-refractivity contribution in [3.8, 4) is 6.07 Å². The summed E-state index contributed by atoms with van der Waals surface area (Å²) in [6, 6.07) is 9.30. The van der Waals surface area contributed by atoms with Crippen LogP contribution in [0.3, 0.4) is 0 Å². The van der Waals surface area contributed by atoms with Crippen LogP contribution in [0.1, 0.15) is 5.76 Å². The molecule has 0 radical (unpaired) electrons. The van der Waals surface area contributed by atoms with Gasteiger partial charge in [0.2, 0.25) is 5.76 Å². The van der Waals surface area contributed by atoms with E-state index in [4.69, 9.17) is 9.68 Å². The number of nitrogens with zero attached hydrogens (tertiary/aromatic N) is 1. The van der Waals surface area contributed by atoms with E-state index in [-0.39, 0.29) is 0 Å². The van der Waals surface area contributed by atoms with Gasteiger partial charge < -0.3 is 4.42 Å². The molecule has 1 heterocycles. The molecule has 0 aliphatic rings. The molecule has 2 rings (SSSR count). The molecule has 0 aliphatic heterocycles. The third-order valence-electron chi connectivity index (χ3n) is 1.62. The Kier molecular flexibility index (Phi) is 1.63. The largest absolute Gasteiger partial charge is 0.446 e. The van der Waals surface area contributed by atoms with Crippen molar-refractivity contribution in [2.75, 3.05) is 0 Å². The molecule has 2 nitrogen and oxygen atoms in total. The molecule has 0 spiro atoms. The number of hydrogen-bond acceptors (Lipinski definition) is 2. The van der Waals surface area contributed by atoms with Crippen LogP contribution in [0.4, 0.5) is 0 Å². The first-order valence-electron chi connectivity index (χ1n) is 3.39. The van der Waals surface area contributed by atoms with Crippen molar-refractivity contribution in [1.29, 1.82) is 5.26 Å². The zero-order valence-corrected chi connectivity index (χ0v) is 7.63. The van der Waals surface area contributed by atoms with Gasteiger partial charge in [0.05, 0.1) is 0 Å². The maximum absolute atomic E-state index is 8.57. The second-order valence-electron chi connectivity index (χ2n) is 2.37. The molecule has 0 saturated heterocycles. The minimum absolute atomic E-state index is 0.344. The van der Waals surface area contributed by atoms with Crippen LogP contribution in [0.25, 0.3) is 11.0 Å².